The predicted molar refractivity (Wildman–Crippen MR) is 62.4 cm³/mol. The van der Waals surface area contributed by atoms with Gasteiger partial charge < -0.3 is 4.74 Å². The largest absolute Gasteiger partial charge is 0.464 e. The Morgan fingerprint density at radius 1 is 1.44 bits per heavy atom. The predicted octanol–water partition coefficient (Wildman–Crippen LogP) is 2.19. The van der Waals surface area contributed by atoms with Crippen LogP contribution in [0.1, 0.15) is 43.8 Å². The lowest BCUT2D eigenvalue weighted by atomic mass is 10.1. The van der Waals surface area contributed by atoms with Gasteiger partial charge in [-0.1, -0.05) is 6.92 Å². The molecule has 1 aromatic rings. The lowest BCUT2D eigenvalue weighted by molar-refractivity contribution is -0.146. The van der Waals surface area contributed by atoms with Crippen LogP contribution in [0.4, 0.5) is 0 Å². The Hall–Kier alpha value is -1.32. The number of ether oxygens (including phenoxy) is 1. The minimum absolute atomic E-state index is 0.226. The van der Waals surface area contributed by atoms with Crippen molar-refractivity contribution in [2.24, 2.45) is 0 Å². The Morgan fingerprint density at radius 2 is 2.06 bits per heavy atom. The molecule has 1 atom stereocenters. The van der Waals surface area contributed by atoms with Gasteiger partial charge in [0.15, 0.2) is 0 Å². The highest BCUT2D eigenvalue weighted by molar-refractivity contribution is 5.73. The fourth-order valence-corrected chi connectivity index (χ4v) is 1.95. The van der Waals surface area contributed by atoms with Gasteiger partial charge in [-0.2, -0.15) is 5.10 Å². The van der Waals surface area contributed by atoms with Crippen molar-refractivity contribution >= 4 is 5.97 Å². The van der Waals surface area contributed by atoms with Gasteiger partial charge in [-0.15, -0.1) is 0 Å². The summed E-state index contributed by atoms with van der Waals surface area (Å²) in [6.07, 6.45) is 0.938. The molecule has 0 N–H and O–H groups in total. The third kappa shape index (κ3) is 2.26. The Kier molecular flexibility index (Phi) is 4.10. The van der Waals surface area contributed by atoms with Crippen molar-refractivity contribution in [2.75, 3.05) is 6.61 Å². The van der Waals surface area contributed by atoms with Gasteiger partial charge in [0.1, 0.15) is 6.04 Å². The molecule has 1 unspecified atom stereocenters. The Morgan fingerprint density at radius 3 is 2.50 bits per heavy atom. The van der Waals surface area contributed by atoms with Crippen LogP contribution in [0.5, 0.6) is 0 Å². The Bertz CT molecular complexity index is 383. The molecule has 0 aliphatic heterocycles. The van der Waals surface area contributed by atoms with Crippen molar-refractivity contribution in [3.63, 3.8) is 0 Å². The van der Waals surface area contributed by atoms with Gasteiger partial charge in [0.05, 0.1) is 12.3 Å². The van der Waals surface area contributed by atoms with E-state index in [9.17, 15) is 4.79 Å². The number of aryl methyl sites for hydroxylation is 1. The first kappa shape index (κ1) is 12.7. The molecule has 1 aromatic heterocycles. The number of rotatable bonds is 4. The van der Waals surface area contributed by atoms with Crippen molar-refractivity contribution in [3.8, 4) is 0 Å². The van der Waals surface area contributed by atoms with Crippen LogP contribution < -0.4 is 0 Å². The molecule has 0 saturated heterocycles. The molecule has 0 aliphatic carbocycles. The maximum absolute atomic E-state index is 11.6. The fraction of sp³-hybridized carbons (Fsp3) is 0.667. The number of carbonyl (C=O) groups excluding carboxylic acids is 1. The maximum atomic E-state index is 11.6. The molecular formula is C12H20N2O2. The van der Waals surface area contributed by atoms with E-state index < -0.39 is 0 Å². The standard InChI is InChI=1S/C12H20N2O2/c1-6-11-8(3)13-14(9(11)4)10(5)12(15)16-7-2/h10H,6-7H2,1-5H3. The van der Waals surface area contributed by atoms with Crippen LogP contribution in [0, 0.1) is 13.8 Å². The second-order valence-electron chi connectivity index (χ2n) is 3.88. The summed E-state index contributed by atoms with van der Waals surface area (Å²) in [5.41, 5.74) is 3.27. The van der Waals surface area contributed by atoms with Crippen LogP contribution in [0.3, 0.4) is 0 Å². The number of esters is 1. The highest BCUT2D eigenvalue weighted by Gasteiger charge is 2.21. The van der Waals surface area contributed by atoms with Crippen molar-refractivity contribution in [3.05, 3.63) is 17.0 Å². The molecular weight excluding hydrogens is 204 g/mol. The zero-order valence-electron chi connectivity index (χ0n) is 10.7. The van der Waals surface area contributed by atoms with Crippen molar-refractivity contribution in [2.45, 2.75) is 47.1 Å². The van der Waals surface area contributed by atoms with E-state index in [2.05, 4.69) is 12.0 Å². The van der Waals surface area contributed by atoms with E-state index in [1.165, 1.54) is 5.56 Å². The van der Waals surface area contributed by atoms with Crippen molar-refractivity contribution in [1.82, 2.24) is 9.78 Å². The monoisotopic (exact) mass is 224 g/mol. The summed E-state index contributed by atoms with van der Waals surface area (Å²) in [4.78, 5) is 11.6. The van der Waals surface area contributed by atoms with Crippen LogP contribution >= 0.6 is 0 Å². The molecule has 0 fully saturated rings. The van der Waals surface area contributed by atoms with Crippen LogP contribution in [0.25, 0.3) is 0 Å². The summed E-state index contributed by atoms with van der Waals surface area (Å²) in [7, 11) is 0. The first-order chi connectivity index (χ1) is 7.52. The number of aromatic nitrogens is 2. The van der Waals surface area contributed by atoms with Crippen molar-refractivity contribution < 1.29 is 9.53 Å². The smallest absolute Gasteiger partial charge is 0.330 e. The summed E-state index contributed by atoms with van der Waals surface area (Å²) in [5.74, 6) is -0.226. The number of nitrogens with zero attached hydrogens (tertiary/aromatic N) is 2. The third-order valence-electron chi connectivity index (χ3n) is 2.82. The van der Waals surface area contributed by atoms with E-state index in [0.29, 0.717) is 6.61 Å². The number of hydrogen-bond donors (Lipinski definition) is 0. The normalized spacial score (nSPS) is 12.6. The quantitative estimate of drug-likeness (QED) is 0.736. The molecule has 0 aromatic carbocycles. The molecule has 1 rings (SSSR count). The minimum atomic E-state index is -0.348. The minimum Gasteiger partial charge on any atom is -0.464 e. The van der Waals surface area contributed by atoms with Crippen LogP contribution in [-0.2, 0) is 16.0 Å². The highest BCUT2D eigenvalue weighted by atomic mass is 16.5. The molecule has 0 amide bonds. The summed E-state index contributed by atoms with van der Waals surface area (Å²) in [5, 5.41) is 4.40. The lowest BCUT2D eigenvalue weighted by Gasteiger charge is -2.13. The summed E-state index contributed by atoms with van der Waals surface area (Å²) >= 11 is 0. The van der Waals surface area contributed by atoms with E-state index in [1.807, 2.05) is 27.7 Å². The molecule has 0 saturated carbocycles. The van der Waals surface area contributed by atoms with Gasteiger partial charge in [-0.25, -0.2) is 4.79 Å². The zero-order chi connectivity index (χ0) is 12.3. The van der Waals surface area contributed by atoms with E-state index in [-0.39, 0.29) is 12.0 Å². The summed E-state index contributed by atoms with van der Waals surface area (Å²) in [6, 6.07) is -0.348. The second kappa shape index (κ2) is 5.14. The SMILES string of the molecule is CCOC(=O)C(C)n1nc(C)c(CC)c1C. The van der Waals surface area contributed by atoms with Gasteiger partial charge >= 0.3 is 5.97 Å². The molecule has 0 spiro atoms. The van der Waals surface area contributed by atoms with Crippen LogP contribution in [0.15, 0.2) is 0 Å². The van der Waals surface area contributed by atoms with Gasteiger partial charge in [0, 0.05) is 5.69 Å². The van der Waals surface area contributed by atoms with E-state index in [4.69, 9.17) is 4.74 Å². The molecule has 0 aliphatic rings. The van der Waals surface area contributed by atoms with Crippen molar-refractivity contribution in [1.29, 1.82) is 0 Å². The van der Waals surface area contributed by atoms with Crippen LogP contribution in [-0.4, -0.2) is 22.4 Å². The molecule has 4 heteroatoms. The van der Waals surface area contributed by atoms with Crippen LogP contribution in [0.2, 0.25) is 0 Å². The Balaban J connectivity index is 3.00. The molecule has 1 heterocycles. The van der Waals surface area contributed by atoms with Gasteiger partial charge in [0.2, 0.25) is 0 Å². The third-order valence-corrected chi connectivity index (χ3v) is 2.82. The number of carbonyl (C=O) groups is 1. The molecule has 90 valence electrons. The van der Waals surface area contributed by atoms with E-state index in [1.54, 1.807) is 4.68 Å². The zero-order valence-corrected chi connectivity index (χ0v) is 10.7. The summed E-state index contributed by atoms with van der Waals surface area (Å²) < 4.78 is 6.75. The lowest BCUT2D eigenvalue weighted by Crippen LogP contribution is -2.21. The maximum Gasteiger partial charge on any atom is 0.330 e. The Labute approximate surface area is 96.6 Å². The first-order valence-electron chi connectivity index (χ1n) is 5.74. The van der Waals surface area contributed by atoms with E-state index in [0.717, 1.165) is 17.8 Å². The topological polar surface area (TPSA) is 44.1 Å². The van der Waals surface area contributed by atoms with Gasteiger partial charge in [-0.3, -0.25) is 4.68 Å². The molecule has 0 radical (unpaired) electrons. The van der Waals surface area contributed by atoms with Gasteiger partial charge in [-0.05, 0) is 39.7 Å². The van der Waals surface area contributed by atoms with E-state index >= 15 is 0 Å². The fourth-order valence-electron chi connectivity index (χ4n) is 1.95. The first-order valence-corrected chi connectivity index (χ1v) is 5.74. The average Bonchev–Trinajstić information content (AvgIpc) is 2.53. The molecule has 0 bridgehead atoms. The molecule has 16 heavy (non-hydrogen) atoms. The summed E-state index contributed by atoms with van der Waals surface area (Å²) in [6.45, 7) is 10.1. The average molecular weight is 224 g/mol. The highest BCUT2D eigenvalue weighted by Crippen LogP contribution is 2.18. The second-order valence-corrected chi connectivity index (χ2v) is 3.88. The van der Waals surface area contributed by atoms with Gasteiger partial charge in [0.25, 0.3) is 0 Å². The number of hydrogen-bond acceptors (Lipinski definition) is 3. The molecule has 4 nitrogen and oxygen atoms in total.